The third-order valence-electron chi connectivity index (χ3n) is 5.49. The zero-order chi connectivity index (χ0) is 16.0. The van der Waals surface area contributed by atoms with Crippen molar-refractivity contribution in [2.45, 2.75) is 38.3 Å². The minimum absolute atomic E-state index is 0.167. The van der Waals surface area contributed by atoms with Crippen molar-refractivity contribution in [3.8, 4) is 0 Å². The Morgan fingerprint density at radius 1 is 0.913 bits per heavy atom. The van der Waals surface area contributed by atoms with E-state index >= 15 is 0 Å². The first-order valence-corrected chi connectivity index (χ1v) is 8.41. The number of nitrogens with zero attached hydrogens (tertiary/aromatic N) is 1. The minimum Gasteiger partial charge on any atom is -0.296 e. The number of aryl methyl sites for hydroxylation is 1. The highest BCUT2D eigenvalue weighted by Gasteiger charge is 2.39. The van der Waals surface area contributed by atoms with Crippen LogP contribution in [0.15, 0.2) is 48.5 Å². The summed E-state index contributed by atoms with van der Waals surface area (Å²) >= 11 is 0. The van der Waals surface area contributed by atoms with E-state index in [1.807, 2.05) is 12.1 Å². The van der Waals surface area contributed by atoms with Gasteiger partial charge in [-0.2, -0.15) is 0 Å². The van der Waals surface area contributed by atoms with E-state index in [4.69, 9.17) is 0 Å². The molecule has 23 heavy (non-hydrogen) atoms. The van der Waals surface area contributed by atoms with Crippen molar-refractivity contribution in [3.63, 3.8) is 0 Å². The lowest BCUT2D eigenvalue weighted by Crippen LogP contribution is -2.37. The summed E-state index contributed by atoms with van der Waals surface area (Å²) < 4.78 is 13.4. The first-order valence-electron chi connectivity index (χ1n) is 8.41. The fourth-order valence-electron chi connectivity index (χ4n) is 4.18. The predicted molar refractivity (Wildman–Crippen MR) is 93.6 cm³/mol. The Morgan fingerprint density at radius 3 is 2.26 bits per heavy atom. The molecule has 2 heteroatoms. The number of fused-ring (bicyclic) bond motifs is 2. The van der Waals surface area contributed by atoms with E-state index < -0.39 is 0 Å². The van der Waals surface area contributed by atoms with Crippen molar-refractivity contribution in [2.24, 2.45) is 0 Å². The van der Waals surface area contributed by atoms with Crippen molar-refractivity contribution in [2.75, 3.05) is 7.05 Å². The molecule has 2 bridgehead atoms. The monoisotopic (exact) mass is 307 g/mol. The molecule has 1 fully saturated rings. The molecule has 0 unspecified atom stereocenters. The Labute approximate surface area is 137 Å². The van der Waals surface area contributed by atoms with Crippen LogP contribution in [0.5, 0.6) is 0 Å². The van der Waals surface area contributed by atoms with Crippen LogP contribution >= 0.6 is 0 Å². The number of benzene rings is 2. The SMILES string of the molecule is Cc1ccc(C2=C(c3ccc(F)cc3)[C@H]3CC[C@@H](C2)N3C)cc1. The van der Waals surface area contributed by atoms with Crippen LogP contribution in [-0.4, -0.2) is 24.0 Å². The van der Waals surface area contributed by atoms with E-state index in [-0.39, 0.29) is 5.82 Å². The summed E-state index contributed by atoms with van der Waals surface area (Å²) in [7, 11) is 2.23. The van der Waals surface area contributed by atoms with Crippen LogP contribution in [0.2, 0.25) is 0 Å². The molecule has 2 aliphatic heterocycles. The first kappa shape index (κ1) is 14.6. The van der Waals surface area contributed by atoms with Crippen LogP contribution in [0.1, 0.15) is 36.0 Å². The van der Waals surface area contributed by atoms with E-state index in [1.54, 1.807) is 12.1 Å². The molecule has 2 heterocycles. The second kappa shape index (κ2) is 5.61. The molecule has 0 spiro atoms. The van der Waals surface area contributed by atoms with Gasteiger partial charge in [-0.15, -0.1) is 0 Å². The highest BCUT2D eigenvalue weighted by atomic mass is 19.1. The normalized spacial score (nSPS) is 24.3. The average molecular weight is 307 g/mol. The van der Waals surface area contributed by atoms with E-state index in [0.29, 0.717) is 12.1 Å². The maximum absolute atomic E-state index is 13.4. The largest absolute Gasteiger partial charge is 0.296 e. The van der Waals surface area contributed by atoms with E-state index in [1.165, 1.54) is 40.7 Å². The van der Waals surface area contributed by atoms with Crippen LogP contribution < -0.4 is 0 Å². The Bertz CT molecular complexity index is 742. The molecule has 0 aliphatic carbocycles. The molecule has 118 valence electrons. The number of hydrogen-bond acceptors (Lipinski definition) is 1. The Hall–Kier alpha value is -1.93. The average Bonchev–Trinajstić information content (AvgIpc) is 2.80. The standard InChI is InChI=1S/C21H22FN/c1-14-3-5-15(6-4-14)19-13-18-11-12-20(23(18)2)21(19)16-7-9-17(22)10-8-16/h3-10,18,20H,11-13H2,1-2H3/t18-,20+/m0/s1. The van der Waals surface area contributed by atoms with Crippen LogP contribution in [0.4, 0.5) is 4.39 Å². The van der Waals surface area contributed by atoms with Crippen molar-refractivity contribution in [1.82, 2.24) is 4.90 Å². The highest BCUT2D eigenvalue weighted by Crippen LogP contribution is 2.46. The number of likely N-dealkylation sites (N-methyl/N-ethyl adjacent to an activating group) is 1. The molecule has 0 N–H and O–H groups in total. The molecule has 0 saturated carbocycles. The second-order valence-electron chi connectivity index (χ2n) is 6.88. The number of rotatable bonds is 2. The molecular formula is C21H22FN. The van der Waals surface area contributed by atoms with Gasteiger partial charge in [-0.3, -0.25) is 4.90 Å². The topological polar surface area (TPSA) is 3.24 Å². The second-order valence-corrected chi connectivity index (χ2v) is 6.88. The molecule has 0 aromatic heterocycles. The molecule has 2 aromatic rings. The summed E-state index contributed by atoms with van der Waals surface area (Å²) in [5.41, 5.74) is 6.61. The fourth-order valence-corrected chi connectivity index (χ4v) is 4.18. The summed E-state index contributed by atoms with van der Waals surface area (Å²) in [5.74, 6) is -0.167. The molecular weight excluding hydrogens is 285 g/mol. The van der Waals surface area contributed by atoms with Crippen molar-refractivity contribution in [3.05, 3.63) is 71.0 Å². The quantitative estimate of drug-likeness (QED) is 0.762. The summed E-state index contributed by atoms with van der Waals surface area (Å²) in [4.78, 5) is 2.51. The molecule has 0 radical (unpaired) electrons. The van der Waals surface area contributed by atoms with E-state index in [9.17, 15) is 4.39 Å². The fraction of sp³-hybridized carbons (Fsp3) is 0.333. The minimum atomic E-state index is -0.167. The van der Waals surface area contributed by atoms with Gasteiger partial charge in [0.15, 0.2) is 0 Å². The van der Waals surface area contributed by atoms with Crippen LogP contribution in [0.25, 0.3) is 11.1 Å². The molecule has 1 nitrogen and oxygen atoms in total. The lowest BCUT2D eigenvalue weighted by atomic mass is 9.85. The van der Waals surface area contributed by atoms with Gasteiger partial charge >= 0.3 is 0 Å². The molecule has 0 amide bonds. The summed E-state index contributed by atoms with van der Waals surface area (Å²) in [6, 6.07) is 17.0. The number of hydrogen-bond donors (Lipinski definition) is 0. The van der Waals surface area contributed by atoms with Crippen LogP contribution in [0.3, 0.4) is 0 Å². The van der Waals surface area contributed by atoms with Gasteiger partial charge in [-0.05, 0) is 67.6 Å². The van der Waals surface area contributed by atoms with Crippen molar-refractivity contribution >= 4 is 11.1 Å². The van der Waals surface area contributed by atoms with Gasteiger partial charge < -0.3 is 0 Å². The Morgan fingerprint density at radius 2 is 1.57 bits per heavy atom. The Balaban J connectivity index is 1.88. The Kier molecular flexibility index (Phi) is 3.57. The van der Waals surface area contributed by atoms with Gasteiger partial charge in [0, 0.05) is 12.1 Å². The lowest BCUT2D eigenvalue weighted by Gasteiger charge is -2.36. The van der Waals surface area contributed by atoms with Crippen LogP contribution in [-0.2, 0) is 0 Å². The highest BCUT2D eigenvalue weighted by molar-refractivity contribution is 5.94. The summed E-state index contributed by atoms with van der Waals surface area (Å²) in [6.07, 6.45) is 3.53. The molecule has 2 atom stereocenters. The first-order chi connectivity index (χ1) is 11.1. The number of halogens is 1. The molecule has 2 aromatic carbocycles. The lowest BCUT2D eigenvalue weighted by molar-refractivity contribution is 0.271. The maximum atomic E-state index is 13.4. The van der Waals surface area contributed by atoms with E-state index in [0.717, 1.165) is 6.42 Å². The van der Waals surface area contributed by atoms with E-state index in [2.05, 4.69) is 43.1 Å². The molecule has 2 aliphatic rings. The van der Waals surface area contributed by atoms with Crippen molar-refractivity contribution in [1.29, 1.82) is 0 Å². The molecule has 1 saturated heterocycles. The summed E-state index contributed by atoms with van der Waals surface area (Å²) in [5, 5.41) is 0. The zero-order valence-corrected chi connectivity index (χ0v) is 13.7. The zero-order valence-electron chi connectivity index (χ0n) is 13.7. The third-order valence-corrected chi connectivity index (χ3v) is 5.49. The third kappa shape index (κ3) is 2.51. The maximum Gasteiger partial charge on any atom is 0.123 e. The predicted octanol–water partition coefficient (Wildman–Crippen LogP) is 4.91. The van der Waals surface area contributed by atoms with Gasteiger partial charge in [0.05, 0.1) is 0 Å². The molecule has 4 rings (SSSR count). The smallest absolute Gasteiger partial charge is 0.123 e. The van der Waals surface area contributed by atoms with Gasteiger partial charge in [0.25, 0.3) is 0 Å². The van der Waals surface area contributed by atoms with Gasteiger partial charge in [0.1, 0.15) is 5.82 Å². The van der Waals surface area contributed by atoms with Gasteiger partial charge in [-0.25, -0.2) is 4.39 Å². The summed E-state index contributed by atoms with van der Waals surface area (Å²) in [6.45, 7) is 2.12. The van der Waals surface area contributed by atoms with Gasteiger partial charge in [0.2, 0.25) is 0 Å². The van der Waals surface area contributed by atoms with Gasteiger partial charge in [-0.1, -0.05) is 42.0 Å². The van der Waals surface area contributed by atoms with Crippen LogP contribution in [0, 0.1) is 12.7 Å². The van der Waals surface area contributed by atoms with Crippen molar-refractivity contribution < 1.29 is 4.39 Å².